The second-order valence-electron chi connectivity index (χ2n) is 4.70. The maximum absolute atomic E-state index is 11.3. The lowest BCUT2D eigenvalue weighted by molar-refractivity contribution is -0.138. The summed E-state index contributed by atoms with van der Waals surface area (Å²) in [4.78, 5) is 23.7. The number of nitrogens with one attached hydrogen (secondary N) is 1. The number of nitrogens with two attached hydrogens (primary N) is 1. The van der Waals surface area contributed by atoms with Crippen LogP contribution in [-0.4, -0.2) is 32.1 Å². The third-order valence-corrected chi connectivity index (χ3v) is 3.23. The van der Waals surface area contributed by atoms with E-state index in [9.17, 15) is 9.90 Å². The van der Waals surface area contributed by atoms with E-state index in [1.807, 2.05) is 6.92 Å². The summed E-state index contributed by atoms with van der Waals surface area (Å²) in [5, 5.41) is 12.5. The number of carbonyl (C=O) groups is 1. The van der Waals surface area contributed by atoms with Crippen LogP contribution in [0.3, 0.4) is 0 Å². The van der Waals surface area contributed by atoms with E-state index in [0.717, 1.165) is 6.42 Å². The Labute approximate surface area is 126 Å². The molecule has 0 bridgehead atoms. The van der Waals surface area contributed by atoms with Gasteiger partial charge in [-0.3, -0.25) is 0 Å². The number of nitrogens with zero attached hydrogens (tertiary/aromatic N) is 3. The van der Waals surface area contributed by atoms with Gasteiger partial charge in [0.25, 0.3) is 0 Å². The molecule has 8 heteroatoms. The number of aryl methyl sites for hydroxylation is 1. The molecule has 4 N–H and O–H groups in total. The van der Waals surface area contributed by atoms with Crippen molar-refractivity contribution in [2.45, 2.75) is 32.7 Å². The van der Waals surface area contributed by atoms with Crippen LogP contribution in [0.5, 0.6) is 0 Å². The quantitative estimate of drug-likeness (QED) is 0.776. The number of fused-ring (bicyclic) bond motifs is 1. The molecule has 21 heavy (non-hydrogen) atoms. The summed E-state index contributed by atoms with van der Waals surface area (Å²) < 4.78 is 0. The number of pyridine rings is 1. The van der Waals surface area contributed by atoms with Crippen LogP contribution in [0, 0.1) is 6.92 Å². The summed E-state index contributed by atoms with van der Waals surface area (Å²) >= 11 is 6.14. The number of carboxylic acid groups (broad SMARTS) is 1. The van der Waals surface area contributed by atoms with Gasteiger partial charge in [-0.25, -0.2) is 14.8 Å². The largest absolute Gasteiger partial charge is 0.480 e. The van der Waals surface area contributed by atoms with E-state index < -0.39 is 12.0 Å². The smallest absolute Gasteiger partial charge is 0.326 e. The summed E-state index contributed by atoms with van der Waals surface area (Å²) in [5.74, 6) is -0.664. The molecule has 112 valence electrons. The first-order valence-corrected chi connectivity index (χ1v) is 6.90. The number of rotatable bonds is 5. The summed E-state index contributed by atoms with van der Waals surface area (Å²) in [6, 6.07) is 0.898. The molecule has 0 saturated carbocycles. The first-order valence-electron chi connectivity index (χ1n) is 6.52. The van der Waals surface area contributed by atoms with Crippen molar-refractivity contribution in [2.24, 2.45) is 0 Å². The summed E-state index contributed by atoms with van der Waals surface area (Å²) in [7, 11) is 0. The topological polar surface area (TPSA) is 114 Å². The zero-order valence-electron chi connectivity index (χ0n) is 11.7. The van der Waals surface area contributed by atoms with E-state index in [0.29, 0.717) is 28.2 Å². The van der Waals surface area contributed by atoms with Crippen molar-refractivity contribution in [1.82, 2.24) is 15.0 Å². The molecule has 0 amide bonds. The fourth-order valence-corrected chi connectivity index (χ4v) is 2.31. The molecule has 0 fully saturated rings. The first kappa shape index (κ1) is 15.2. The lowest BCUT2D eigenvalue weighted by Crippen LogP contribution is -2.29. The molecular formula is C13H16ClN5O2. The Balaban J connectivity index is 2.54. The molecule has 2 aromatic heterocycles. The number of nitrogen functional groups attached to an aromatic ring is 1. The van der Waals surface area contributed by atoms with Crippen LogP contribution >= 0.6 is 11.6 Å². The van der Waals surface area contributed by atoms with Gasteiger partial charge in [-0.1, -0.05) is 24.9 Å². The molecule has 0 aromatic carbocycles. The molecule has 2 rings (SSSR count). The molecular weight excluding hydrogens is 294 g/mol. The van der Waals surface area contributed by atoms with Gasteiger partial charge in [0.05, 0.1) is 5.02 Å². The number of aliphatic carboxylic acids is 1. The number of halogens is 1. The van der Waals surface area contributed by atoms with Gasteiger partial charge in [0.1, 0.15) is 17.1 Å². The first-order chi connectivity index (χ1) is 9.92. The van der Waals surface area contributed by atoms with Crippen LogP contribution in [0.1, 0.15) is 25.5 Å². The van der Waals surface area contributed by atoms with Gasteiger partial charge < -0.3 is 16.2 Å². The van der Waals surface area contributed by atoms with Gasteiger partial charge >= 0.3 is 5.97 Å². The average Bonchev–Trinajstić information content (AvgIpc) is 2.39. The molecule has 0 aliphatic heterocycles. The van der Waals surface area contributed by atoms with Gasteiger partial charge in [0.15, 0.2) is 5.82 Å². The minimum atomic E-state index is -0.957. The number of hydrogen-bond acceptors (Lipinski definition) is 6. The van der Waals surface area contributed by atoms with Gasteiger partial charge in [0.2, 0.25) is 5.95 Å². The number of anilines is 2. The van der Waals surface area contributed by atoms with Crippen LogP contribution in [-0.2, 0) is 4.79 Å². The zero-order chi connectivity index (χ0) is 15.6. The van der Waals surface area contributed by atoms with Gasteiger partial charge in [-0.2, -0.15) is 4.98 Å². The highest BCUT2D eigenvalue weighted by Gasteiger charge is 2.20. The van der Waals surface area contributed by atoms with Crippen molar-refractivity contribution in [3.63, 3.8) is 0 Å². The van der Waals surface area contributed by atoms with Crippen LogP contribution in [0.25, 0.3) is 11.0 Å². The molecule has 1 atom stereocenters. The van der Waals surface area contributed by atoms with Gasteiger partial charge in [-0.15, -0.1) is 0 Å². The van der Waals surface area contributed by atoms with Crippen LogP contribution in [0.2, 0.25) is 5.02 Å². The second-order valence-corrected chi connectivity index (χ2v) is 5.10. The lowest BCUT2D eigenvalue weighted by Gasteiger charge is -2.16. The third-order valence-electron chi connectivity index (χ3n) is 2.94. The summed E-state index contributed by atoms with van der Waals surface area (Å²) in [5.41, 5.74) is 7.16. The van der Waals surface area contributed by atoms with Crippen LogP contribution in [0.4, 0.5) is 11.8 Å². The molecule has 2 aromatic rings. The summed E-state index contributed by atoms with van der Waals surface area (Å²) in [6.45, 7) is 3.69. The van der Waals surface area contributed by atoms with E-state index in [1.54, 1.807) is 13.0 Å². The Kier molecular flexibility index (Phi) is 4.42. The predicted octanol–water partition coefficient (Wildman–Crippen LogP) is 2.23. The standard InChI is InChI=1S/C13H16ClN5O2/c1-3-4-8(12(20)21)17-11-10-9(18-13(15)19-11)7(14)5-6(2)16-10/h5,8H,3-4H2,1-2H3,(H,20,21)(H3,15,17,18,19)/t8-/m0/s1. The van der Waals surface area contributed by atoms with E-state index in [2.05, 4.69) is 20.3 Å². The maximum atomic E-state index is 11.3. The molecule has 0 spiro atoms. The molecule has 0 radical (unpaired) electrons. The van der Waals surface area contributed by atoms with E-state index in [-0.39, 0.29) is 11.8 Å². The van der Waals surface area contributed by atoms with Crippen molar-refractivity contribution in [2.75, 3.05) is 11.1 Å². The highest BCUT2D eigenvalue weighted by molar-refractivity contribution is 6.35. The number of carboxylic acids is 1. The van der Waals surface area contributed by atoms with Crippen molar-refractivity contribution in [3.05, 3.63) is 16.8 Å². The molecule has 0 aliphatic rings. The minimum absolute atomic E-state index is 0.0122. The monoisotopic (exact) mass is 309 g/mol. The zero-order valence-corrected chi connectivity index (χ0v) is 12.5. The molecule has 0 unspecified atom stereocenters. The Bertz CT molecular complexity index is 692. The predicted molar refractivity (Wildman–Crippen MR) is 81.4 cm³/mol. The van der Waals surface area contributed by atoms with Crippen LogP contribution in [0.15, 0.2) is 6.07 Å². The molecule has 0 aliphatic carbocycles. The molecule has 2 heterocycles. The Morgan fingerprint density at radius 1 is 1.43 bits per heavy atom. The Morgan fingerprint density at radius 3 is 2.76 bits per heavy atom. The van der Waals surface area contributed by atoms with E-state index in [4.69, 9.17) is 17.3 Å². The highest BCUT2D eigenvalue weighted by atomic mass is 35.5. The summed E-state index contributed by atoms with van der Waals surface area (Å²) in [6.07, 6.45) is 1.18. The number of hydrogen-bond donors (Lipinski definition) is 3. The average molecular weight is 310 g/mol. The van der Waals surface area contributed by atoms with Crippen LogP contribution < -0.4 is 11.1 Å². The fourth-order valence-electron chi connectivity index (χ4n) is 2.02. The molecule has 0 saturated heterocycles. The van der Waals surface area contributed by atoms with Crippen molar-refractivity contribution >= 4 is 40.4 Å². The Morgan fingerprint density at radius 2 is 2.14 bits per heavy atom. The van der Waals surface area contributed by atoms with Crippen molar-refractivity contribution in [3.8, 4) is 0 Å². The molecule has 7 nitrogen and oxygen atoms in total. The normalized spacial score (nSPS) is 12.3. The third kappa shape index (κ3) is 3.30. The highest BCUT2D eigenvalue weighted by Crippen LogP contribution is 2.27. The Hall–Kier alpha value is -2.15. The SMILES string of the molecule is CCC[C@H](Nc1nc(N)nc2c(Cl)cc(C)nc12)C(=O)O. The van der Waals surface area contributed by atoms with E-state index in [1.165, 1.54) is 0 Å². The van der Waals surface area contributed by atoms with Crippen molar-refractivity contribution in [1.29, 1.82) is 0 Å². The van der Waals surface area contributed by atoms with Gasteiger partial charge in [-0.05, 0) is 19.4 Å². The fraction of sp³-hybridized carbons (Fsp3) is 0.385. The lowest BCUT2D eigenvalue weighted by atomic mass is 10.1. The number of aromatic nitrogens is 3. The minimum Gasteiger partial charge on any atom is -0.480 e. The maximum Gasteiger partial charge on any atom is 0.326 e. The van der Waals surface area contributed by atoms with Crippen molar-refractivity contribution < 1.29 is 9.90 Å². The van der Waals surface area contributed by atoms with E-state index >= 15 is 0 Å². The second kappa shape index (κ2) is 6.09. The van der Waals surface area contributed by atoms with Gasteiger partial charge in [0, 0.05) is 5.69 Å².